The highest BCUT2D eigenvalue weighted by atomic mass is 32.1. The first-order valence-corrected chi connectivity index (χ1v) is 15.0. The Balaban J connectivity index is 0.000000362. The number of carbonyl (C=O) groups is 1. The average Bonchev–Trinajstić information content (AvgIpc) is 3.38. The summed E-state index contributed by atoms with van der Waals surface area (Å²) in [4.78, 5) is 31.8. The van der Waals surface area contributed by atoms with Crippen molar-refractivity contribution >= 4 is 46.0 Å². The number of halogens is 2. The van der Waals surface area contributed by atoms with Crippen LogP contribution in [0.25, 0.3) is 0 Å². The molecule has 14 heteroatoms. The van der Waals surface area contributed by atoms with Crippen molar-refractivity contribution in [1.29, 1.82) is 0 Å². The van der Waals surface area contributed by atoms with E-state index in [0.29, 0.717) is 34.7 Å². The van der Waals surface area contributed by atoms with Crippen LogP contribution in [0.4, 0.5) is 37.6 Å². The minimum absolute atomic E-state index is 0.0787. The molecule has 5 heterocycles. The number of terminal acetylenes is 2. The molecule has 0 spiro atoms. The first-order chi connectivity index (χ1) is 20.8. The van der Waals surface area contributed by atoms with Gasteiger partial charge in [-0.2, -0.15) is 20.1 Å². The van der Waals surface area contributed by atoms with E-state index in [1.165, 1.54) is 31.1 Å². The first-order valence-electron chi connectivity index (χ1n) is 14.1. The highest BCUT2D eigenvalue weighted by Gasteiger charge is 2.35. The van der Waals surface area contributed by atoms with E-state index in [-0.39, 0.29) is 31.8 Å². The highest BCUT2D eigenvalue weighted by Crippen LogP contribution is 2.39. The topological polar surface area (TPSA) is 128 Å². The first kappa shape index (κ1) is 34.9. The van der Waals surface area contributed by atoms with Crippen LogP contribution in [0.2, 0.25) is 0 Å². The standard InChI is InChI=1S/C18H24F2N8.C5H6N2OS.C2H6.2C2H2/c19-18(20)5-9-28(10-6-18)17-23-15(22-16(24-17)27-7-1-2-8-27)21-14-11-13(25-26-14)12-3-4-12;1-4(8)7-5-6-2-3-9-5;3*1-2/h11-12H,1-10H2,(H2,21,22,23,24,25,26);2-3H,1H3,(H,6,7,8);1-2H3;2*1-2H. The van der Waals surface area contributed by atoms with Crippen LogP contribution in [0, 0.1) is 25.7 Å². The molecule has 0 unspecified atom stereocenters. The predicted molar refractivity (Wildman–Crippen MR) is 169 cm³/mol. The fourth-order valence-electron chi connectivity index (χ4n) is 4.20. The molecule has 3 aromatic heterocycles. The second-order valence-electron chi connectivity index (χ2n) is 9.42. The lowest BCUT2D eigenvalue weighted by Gasteiger charge is -2.32. The van der Waals surface area contributed by atoms with Gasteiger partial charge in [0.25, 0.3) is 5.92 Å². The molecule has 11 nitrogen and oxygen atoms in total. The molecule has 2 aliphatic heterocycles. The van der Waals surface area contributed by atoms with Crippen LogP contribution in [0.3, 0.4) is 0 Å². The van der Waals surface area contributed by atoms with E-state index in [4.69, 9.17) is 0 Å². The Morgan fingerprint density at radius 1 is 1.00 bits per heavy atom. The van der Waals surface area contributed by atoms with Crippen molar-refractivity contribution in [2.24, 2.45) is 0 Å². The molecule has 1 aliphatic carbocycles. The number of aromatic nitrogens is 6. The van der Waals surface area contributed by atoms with Crippen molar-refractivity contribution in [3.63, 3.8) is 0 Å². The Hall–Kier alpha value is -4.30. The fourth-order valence-corrected chi connectivity index (χ4v) is 4.77. The maximum Gasteiger partial charge on any atom is 0.251 e. The zero-order valence-electron chi connectivity index (χ0n) is 24.9. The van der Waals surface area contributed by atoms with E-state index >= 15 is 0 Å². The lowest BCUT2D eigenvalue weighted by atomic mass is 10.1. The van der Waals surface area contributed by atoms with Gasteiger partial charge in [-0.25, -0.2) is 13.8 Å². The van der Waals surface area contributed by atoms with Crippen LogP contribution < -0.4 is 20.4 Å². The lowest BCUT2D eigenvalue weighted by Crippen LogP contribution is -2.40. The van der Waals surface area contributed by atoms with Gasteiger partial charge in [0.2, 0.25) is 23.8 Å². The van der Waals surface area contributed by atoms with Gasteiger partial charge in [-0.05, 0) is 25.7 Å². The molecule has 3 aliphatic rings. The molecule has 6 rings (SSSR count). The fraction of sp³-hybridized carbons (Fsp3) is 0.517. The van der Waals surface area contributed by atoms with Crippen molar-refractivity contribution < 1.29 is 13.6 Å². The Morgan fingerprint density at radius 2 is 1.58 bits per heavy atom. The number of hydrogen-bond acceptors (Lipinski definition) is 10. The van der Waals surface area contributed by atoms with Gasteiger partial charge in [0.1, 0.15) is 0 Å². The smallest absolute Gasteiger partial charge is 0.251 e. The second kappa shape index (κ2) is 17.6. The summed E-state index contributed by atoms with van der Waals surface area (Å²) in [7, 11) is 0. The Bertz CT molecular complexity index is 1270. The summed E-state index contributed by atoms with van der Waals surface area (Å²) in [6.45, 7) is 7.74. The monoisotopic (exact) mass is 614 g/mol. The molecular weight excluding hydrogens is 574 g/mol. The molecule has 0 aromatic carbocycles. The molecule has 232 valence electrons. The van der Waals surface area contributed by atoms with Gasteiger partial charge in [-0.3, -0.25) is 9.89 Å². The summed E-state index contributed by atoms with van der Waals surface area (Å²) < 4.78 is 27.1. The maximum absolute atomic E-state index is 13.5. The van der Waals surface area contributed by atoms with Gasteiger partial charge in [-0.15, -0.1) is 37.0 Å². The minimum atomic E-state index is -2.60. The zero-order chi connectivity index (χ0) is 31.8. The Morgan fingerprint density at radius 3 is 2.09 bits per heavy atom. The summed E-state index contributed by atoms with van der Waals surface area (Å²) in [5, 5.41) is 15.5. The second-order valence-corrected chi connectivity index (χ2v) is 10.3. The van der Waals surface area contributed by atoms with Crippen LogP contribution in [-0.2, 0) is 4.79 Å². The van der Waals surface area contributed by atoms with Crippen LogP contribution >= 0.6 is 11.3 Å². The highest BCUT2D eigenvalue weighted by molar-refractivity contribution is 7.13. The number of hydrogen-bond donors (Lipinski definition) is 3. The Labute approximate surface area is 256 Å². The number of aromatic amines is 1. The molecule has 3 fully saturated rings. The number of alkyl halides is 2. The van der Waals surface area contributed by atoms with Crippen LogP contribution in [0.15, 0.2) is 17.6 Å². The van der Waals surface area contributed by atoms with Gasteiger partial charge >= 0.3 is 0 Å². The molecular formula is C29H40F2N10OS. The van der Waals surface area contributed by atoms with Crippen molar-refractivity contribution in [3.8, 4) is 25.7 Å². The normalized spacial score (nSPS) is 16.4. The number of nitrogens with zero attached hydrogens (tertiary/aromatic N) is 7. The third-order valence-electron chi connectivity index (χ3n) is 6.35. The number of carbonyl (C=O) groups excluding carboxylic acids is 1. The number of rotatable bonds is 6. The number of piperidine rings is 1. The summed E-state index contributed by atoms with van der Waals surface area (Å²) in [6.07, 6.45) is 21.9. The predicted octanol–water partition coefficient (Wildman–Crippen LogP) is 5.68. The quantitative estimate of drug-likeness (QED) is 0.301. The average molecular weight is 615 g/mol. The largest absolute Gasteiger partial charge is 0.341 e. The number of amides is 1. The molecule has 0 radical (unpaired) electrons. The Kier molecular flexibility index (Phi) is 14.3. The van der Waals surface area contributed by atoms with E-state index in [1.54, 1.807) is 6.20 Å². The van der Waals surface area contributed by atoms with Gasteiger partial charge in [0, 0.05) is 75.2 Å². The lowest BCUT2D eigenvalue weighted by molar-refractivity contribution is -0.114. The molecule has 3 N–H and O–H groups in total. The zero-order valence-corrected chi connectivity index (χ0v) is 25.7. The van der Waals surface area contributed by atoms with Crippen molar-refractivity contribution in [2.45, 2.75) is 71.1 Å². The summed E-state index contributed by atoms with van der Waals surface area (Å²) in [5.74, 6) is 0.0105. The van der Waals surface area contributed by atoms with Crippen LogP contribution in [-0.4, -0.2) is 68.1 Å². The number of anilines is 5. The van der Waals surface area contributed by atoms with Gasteiger partial charge in [0.15, 0.2) is 10.9 Å². The molecule has 0 atom stereocenters. The van der Waals surface area contributed by atoms with E-state index in [1.807, 2.05) is 30.2 Å². The third kappa shape index (κ3) is 11.1. The summed E-state index contributed by atoms with van der Waals surface area (Å²) in [5.41, 5.74) is 1.12. The number of H-pyrrole nitrogens is 1. The van der Waals surface area contributed by atoms with Crippen LogP contribution in [0.5, 0.6) is 0 Å². The molecule has 1 amide bonds. The number of nitrogens with one attached hydrogen (secondary N) is 3. The molecule has 3 aromatic rings. The summed E-state index contributed by atoms with van der Waals surface area (Å²) >= 11 is 1.41. The van der Waals surface area contributed by atoms with Gasteiger partial charge in [-0.1, -0.05) is 13.8 Å². The molecule has 1 saturated carbocycles. The third-order valence-corrected chi connectivity index (χ3v) is 7.04. The SMILES string of the molecule is C#C.C#C.CC.CC(=O)Nc1nccs1.FC1(F)CCN(c2nc(Nc3cc(C4CC4)[nH]n3)nc(N3CCCC3)n2)CC1. The van der Waals surface area contributed by atoms with E-state index in [2.05, 4.69) is 71.4 Å². The van der Waals surface area contributed by atoms with Crippen LogP contribution in [0.1, 0.15) is 70.9 Å². The van der Waals surface area contributed by atoms with Crippen molar-refractivity contribution in [3.05, 3.63) is 23.3 Å². The molecule has 43 heavy (non-hydrogen) atoms. The molecule has 2 saturated heterocycles. The van der Waals surface area contributed by atoms with Gasteiger partial charge < -0.3 is 20.4 Å². The van der Waals surface area contributed by atoms with E-state index in [9.17, 15) is 13.6 Å². The van der Waals surface area contributed by atoms with Crippen molar-refractivity contribution in [2.75, 3.05) is 46.6 Å². The van der Waals surface area contributed by atoms with E-state index in [0.717, 1.165) is 31.6 Å². The number of thiazole rings is 1. The maximum atomic E-state index is 13.5. The van der Waals surface area contributed by atoms with Gasteiger partial charge in [0.05, 0.1) is 0 Å². The molecule has 0 bridgehead atoms. The van der Waals surface area contributed by atoms with E-state index < -0.39 is 5.92 Å². The summed E-state index contributed by atoms with van der Waals surface area (Å²) in [6, 6.07) is 1.98. The van der Waals surface area contributed by atoms with Crippen molar-refractivity contribution in [1.82, 2.24) is 30.1 Å². The minimum Gasteiger partial charge on any atom is -0.341 e.